The fourth-order valence-corrected chi connectivity index (χ4v) is 3.58. The topological polar surface area (TPSA) is 100 Å². The zero-order valence-corrected chi connectivity index (χ0v) is 16.8. The van der Waals surface area contributed by atoms with Crippen LogP contribution in [0.15, 0.2) is 65.8 Å². The van der Waals surface area contributed by atoms with Gasteiger partial charge in [0.05, 0.1) is 11.6 Å². The molecule has 0 radical (unpaired) electrons. The van der Waals surface area contributed by atoms with Gasteiger partial charge in [-0.1, -0.05) is 23.7 Å². The van der Waals surface area contributed by atoms with Crippen LogP contribution < -0.4 is 5.56 Å². The van der Waals surface area contributed by atoms with Crippen molar-refractivity contribution in [3.63, 3.8) is 0 Å². The number of nitrogens with zero attached hydrogens (tertiary/aromatic N) is 5. The highest BCUT2D eigenvalue weighted by Gasteiger charge is 2.23. The number of H-pyrrole nitrogens is 1. The van der Waals surface area contributed by atoms with Crippen molar-refractivity contribution in [1.29, 1.82) is 5.26 Å². The molecule has 1 aromatic carbocycles. The molecule has 0 aliphatic rings. The van der Waals surface area contributed by atoms with E-state index in [9.17, 15) is 4.79 Å². The van der Waals surface area contributed by atoms with Crippen LogP contribution in [0.2, 0.25) is 5.15 Å². The van der Waals surface area contributed by atoms with Gasteiger partial charge in [0.1, 0.15) is 17.0 Å². The summed E-state index contributed by atoms with van der Waals surface area (Å²) in [4.78, 5) is 28.1. The molecule has 30 heavy (non-hydrogen) atoms. The van der Waals surface area contributed by atoms with Crippen molar-refractivity contribution >= 4 is 11.6 Å². The van der Waals surface area contributed by atoms with Crippen molar-refractivity contribution < 1.29 is 0 Å². The fraction of sp³-hybridized carbons (Fsp3) is 0.136. The van der Waals surface area contributed by atoms with Crippen LogP contribution in [-0.4, -0.2) is 24.5 Å². The SMILES string of the molecule is Cc1cc(Cl)nc(C(c2cc[nH]c(=O)c2)n2ccnc2Cc2ccc(C#N)cc2)n1. The molecule has 0 aliphatic heterocycles. The van der Waals surface area contributed by atoms with Gasteiger partial charge in [0.15, 0.2) is 5.82 Å². The van der Waals surface area contributed by atoms with Crippen LogP contribution in [0.4, 0.5) is 0 Å². The van der Waals surface area contributed by atoms with E-state index in [1.54, 1.807) is 30.6 Å². The smallest absolute Gasteiger partial charge is 0.248 e. The average molecular weight is 417 g/mol. The van der Waals surface area contributed by atoms with Gasteiger partial charge in [-0.25, -0.2) is 15.0 Å². The zero-order chi connectivity index (χ0) is 21.1. The first-order chi connectivity index (χ1) is 14.5. The number of nitriles is 1. The van der Waals surface area contributed by atoms with Gasteiger partial charge in [-0.2, -0.15) is 5.26 Å². The maximum absolute atomic E-state index is 12.0. The predicted molar refractivity (Wildman–Crippen MR) is 112 cm³/mol. The Morgan fingerprint density at radius 3 is 2.70 bits per heavy atom. The average Bonchev–Trinajstić information content (AvgIpc) is 3.16. The normalized spacial score (nSPS) is 11.8. The van der Waals surface area contributed by atoms with Crippen molar-refractivity contribution in [2.75, 3.05) is 0 Å². The molecule has 3 aromatic heterocycles. The largest absolute Gasteiger partial charge is 0.329 e. The third-order valence-electron chi connectivity index (χ3n) is 4.67. The molecule has 1 unspecified atom stereocenters. The molecule has 0 bridgehead atoms. The molecule has 1 atom stereocenters. The first kappa shape index (κ1) is 19.6. The molecule has 148 valence electrons. The number of aromatic amines is 1. The van der Waals surface area contributed by atoms with E-state index in [-0.39, 0.29) is 5.56 Å². The predicted octanol–water partition coefficient (Wildman–Crippen LogP) is 3.42. The maximum atomic E-state index is 12.0. The lowest BCUT2D eigenvalue weighted by Gasteiger charge is -2.20. The number of hydrogen-bond acceptors (Lipinski definition) is 5. The van der Waals surface area contributed by atoms with Crippen LogP contribution >= 0.6 is 11.6 Å². The van der Waals surface area contributed by atoms with Gasteiger partial charge in [-0.05, 0) is 42.3 Å². The molecule has 4 rings (SSSR count). The third-order valence-corrected chi connectivity index (χ3v) is 4.87. The maximum Gasteiger partial charge on any atom is 0.248 e. The highest BCUT2D eigenvalue weighted by molar-refractivity contribution is 6.29. The van der Waals surface area contributed by atoms with E-state index < -0.39 is 6.04 Å². The summed E-state index contributed by atoms with van der Waals surface area (Å²) >= 11 is 6.20. The molecule has 0 aliphatic carbocycles. The first-order valence-corrected chi connectivity index (χ1v) is 9.62. The van der Waals surface area contributed by atoms with E-state index in [1.807, 2.05) is 35.9 Å². The minimum absolute atomic E-state index is 0.218. The molecule has 0 saturated heterocycles. The number of aromatic nitrogens is 5. The second-order valence-electron chi connectivity index (χ2n) is 6.82. The summed E-state index contributed by atoms with van der Waals surface area (Å²) in [5.74, 6) is 1.25. The Bertz CT molecular complexity index is 1270. The van der Waals surface area contributed by atoms with Gasteiger partial charge in [-0.3, -0.25) is 4.79 Å². The number of halogens is 1. The van der Waals surface area contributed by atoms with E-state index in [0.717, 1.165) is 22.6 Å². The number of imidazole rings is 1. The second-order valence-corrected chi connectivity index (χ2v) is 7.20. The second kappa shape index (κ2) is 8.31. The third kappa shape index (κ3) is 4.14. The van der Waals surface area contributed by atoms with Crippen molar-refractivity contribution in [3.8, 4) is 6.07 Å². The molecule has 0 spiro atoms. The van der Waals surface area contributed by atoms with E-state index in [0.29, 0.717) is 23.0 Å². The number of rotatable bonds is 5. The van der Waals surface area contributed by atoms with Gasteiger partial charge in [0.2, 0.25) is 5.56 Å². The van der Waals surface area contributed by atoms with Crippen LogP contribution in [0.3, 0.4) is 0 Å². The summed E-state index contributed by atoms with van der Waals surface area (Å²) in [7, 11) is 0. The summed E-state index contributed by atoms with van der Waals surface area (Å²) in [6.07, 6.45) is 5.68. The summed E-state index contributed by atoms with van der Waals surface area (Å²) in [6.45, 7) is 1.84. The number of aryl methyl sites for hydroxylation is 1. The van der Waals surface area contributed by atoms with Crippen LogP contribution in [0, 0.1) is 18.3 Å². The molecular weight excluding hydrogens is 400 g/mol. The van der Waals surface area contributed by atoms with E-state index in [1.165, 1.54) is 6.07 Å². The minimum atomic E-state index is -0.472. The monoisotopic (exact) mass is 416 g/mol. The van der Waals surface area contributed by atoms with E-state index in [4.69, 9.17) is 16.9 Å². The fourth-order valence-electron chi connectivity index (χ4n) is 3.34. The molecule has 1 N–H and O–H groups in total. The molecular formula is C22H17ClN6O. The van der Waals surface area contributed by atoms with Gasteiger partial charge in [0, 0.05) is 36.8 Å². The van der Waals surface area contributed by atoms with Gasteiger partial charge in [-0.15, -0.1) is 0 Å². The first-order valence-electron chi connectivity index (χ1n) is 9.24. The molecule has 0 fully saturated rings. The number of nitrogens with one attached hydrogen (secondary N) is 1. The Labute approximate surface area is 177 Å². The highest BCUT2D eigenvalue weighted by Crippen LogP contribution is 2.26. The highest BCUT2D eigenvalue weighted by atomic mass is 35.5. The lowest BCUT2D eigenvalue weighted by atomic mass is 10.1. The molecule has 3 heterocycles. The number of pyridine rings is 1. The van der Waals surface area contributed by atoms with Gasteiger partial charge >= 0.3 is 0 Å². The summed E-state index contributed by atoms with van der Waals surface area (Å²) < 4.78 is 1.94. The van der Waals surface area contributed by atoms with Crippen molar-refractivity contribution in [1.82, 2.24) is 24.5 Å². The van der Waals surface area contributed by atoms with Gasteiger partial charge in [0.25, 0.3) is 0 Å². The summed E-state index contributed by atoms with van der Waals surface area (Å²) in [5, 5.41) is 9.34. The standard InChI is InChI=1S/C22H17ClN6O/c1-14-10-18(23)28-22(27-14)21(17-6-7-26-20(30)12-17)29-9-8-25-19(29)11-15-2-4-16(13-24)5-3-15/h2-10,12,21H,11H2,1H3,(H,26,30). The quantitative estimate of drug-likeness (QED) is 0.502. The summed E-state index contributed by atoms with van der Waals surface area (Å²) in [6, 6.07) is 14.0. The van der Waals surface area contributed by atoms with E-state index >= 15 is 0 Å². The molecule has 0 saturated carbocycles. The summed E-state index contributed by atoms with van der Waals surface area (Å²) in [5.41, 5.74) is 2.85. The van der Waals surface area contributed by atoms with Crippen LogP contribution in [0.1, 0.15) is 40.1 Å². The lowest BCUT2D eigenvalue weighted by Crippen LogP contribution is -2.20. The Morgan fingerprint density at radius 1 is 1.20 bits per heavy atom. The number of hydrogen-bond donors (Lipinski definition) is 1. The van der Waals surface area contributed by atoms with E-state index in [2.05, 4.69) is 26.0 Å². The van der Waals surface area contributed by atoms with Gasteiger partial charge < -0.3 is 9.55 Å². The van der Waals surface area contributed by atoms with Crippen LogP contribution in [0.25, 0.3) is 0 Å². The Morgan fingerprint density at radius 2 is 2.00 bits per heavy atom. The number of benzene rings is 1. The molecule has 4 aromatic rings. The van der Waals surface area contributed by atoms with Crippen molar-refractivity contribution in [2.24, 2.45) is 0 Å². The molecule has 0 amide bonds. The van der Waals surface area contributed by atoms with Crippen LogP contribution in [-0.2, 0) is 6.42 Å². The Hall–Kier alpha value is -3.76. The molecule has 8 heteroatoms. The van der Waals surface area contributed by atoms with Crippen LogP contribution in [0.5, 0.6) is 0 Å². The zero-order valence-electron chi connectivity index (χ0n) is 16.1. The minimum Gasteiger partial charge on any atom is -0.329 e. The van der Waals surface area contributed by atoms with Crippen molar-refractivity contribution in [2.45, 2.75) is 19.4 Å². The Balaban J connectivity index is 1.81. The van der Waals surface area contributed by atoms with Crippen molar-refractivity contribution in [3.05, 3.63) is 111 Å². The molecule has 7 nitrogen and oxygen atoms in total. The lowest BCUT2D eigenvalue weighted by molar-refractivity contribution is 0.604. The Kier molecular flexibility index (Phi) is 5.42.